The molecule has 8 heteroatoms. The predicted molar refractivity (Wildman–Crippen MR) is 108 cm³/mol. The molecule has 0 aromatic heterocycles. The van der Waals surface area contributed by atoms with Gasteiger partial charge in [0.05, 0.1) is 4.90 Å². The van der Waals surface area contributed by atoms with Crippen molar-refractivity contribution in [2.24, 2.45) is 0 Å². The van der Waals surface area contributed by atoms with Gasteiger partial charge in [0.1, 0.15) is 0 Å². The molecule has 0 bridgehead atoms. The van der Waals surface area contributed by atoms with Crippen molar-refractivity contribution in [3.05, 3.63) is 53.6 Å². The fourth-order valence-electron chi connectivity index (χ4n) is 3.14. The zero-order chi connectivity index (χ0) is 20.5. The highest BCUT2D eigenvalue weighted by Gasteiger charge is 2.33. The molecule has 0 aliphatic carbocycles. The first kappa shape index (κ1) is 20.0. The van der Waals surface area contributed by atoms with Gasteiger partial charge < -0.3 is 10.2 Å². The van der Waals surface area contributed by atoms with Crippen LogP contribution < -0.4 is 14.9 Å². The molecule has 2 aromatic carbocycles. The first-order chi connectivity index (χ1) is 13.2. The molecule has 2 N–H and O–H groups in total. The van der Waals surface area contributed by atoms with Crippen LogP contribution in [0.15, 0.2) is 47.4 Å². The Labute approximate surface area is 164 Å². The highest BCUT2D eigenvalue weighted by molar-refractivity contribution is 7.89. The minimum absolute atomic E-state index is 0.0821. The van der Waals surface area contributed by atoms with E-state index in [-0.39, 0.29) is 29.7 Å². The Morgan fingerprint density at radius 3 is 2.36 bits per heavy atom. The van der Waals surface area contributed by atoms with Crippen LogP contribution in [0.4, 0.5) is 11.4 Å². The predicted octanol–water partition coefficient (Wildman–Crippen LogP) is 2.35. The van der Waals surface area contributed by atoms with Crippen LogP contribution >= 0.6 is 0 Å². The molecular weight excluding hydrogens is 378 g/mol. The van der Waals surface area contributed by atoms with E-state index in [2.05, 4.69) is 10.0 Å². The average Bonchev–Trinajstić information content (AvgIpc) is 2.97. The molecule has 1 unspecified atom stereocenters. The Kier molecular flexibility index (Phi) is 5.53. The second-order valence-electron chi connectivity index (χ2n) is 7.00. The lowest BCUT2D eigenvalue weighted by Gasteiger charge is -2.18. The van der Waals surface area contributed by atoms with E-state index in [1.54, 1.807) is 4.90 Å². The summed E-state index contributed by atoms with van der Waals surface area (Å²) in [7, 11) is -3.77. The smallest absolute Gasteiger partial charge is 0.240 e. The number of amides is 2. The number of hydrogen-bond donors (Lipinski definition) is 2. The van der Waals surface area contributed by atoms with Gasteiger partial charge in [-0.15, -0.1) is 0 Å². The zero-order valence-corrected chi connectivity index (χ0v) is 16.8. The number of anilines is 2. The molecule has 3 rings (SSSR count). The normalized spacial score (nSPS) is 17.0. The summed E-state index contributed by atoms with van der Waals surface area (Å²) < 4.78 is 27.9. The molecule has 1 aliphatic rings. The monoisotopic (exact) mass is 401 g/mol. The van der Waals surface area contributed by atoms with Crippen molar-refractivity contribution in [2.75, 3.05) is 16.8 Å². The Balaban J connectivity index is 1.71. The number of carbonyl (C=O) groups excluding carboxylic acids is 2. The van der Waals surface area contributed by atoms with Crippen molar-refractivity contribution in [3.63, 3.8) is 0 Å². The standard InChI is InChI=1S/C20H23N3O4S/c1-13-4-7-18(10-14(13)2)23-12-17(11-20(23)25)22-28(26,27)19-8-5-16(6-9-19)21-15(3)24/h4-10,17,22H,11-12H2,1-3H3,(H,21,24). The molecule has 1 atom stereocenters. The molecule has 0 saturated carbocycles. The zero-order valence-electron chi connectivity index (χ0n) is 16.0. The molecule has 148 valence electrons. The van der Waals surface area contributed by atoms with E-state index >= 15 is 0 Å². The Hall–Kier alpha value is -2.71. The number of benzene rings is 2. The van der Waals surface area contributed by atoms with E-state index in [0.717, 1.165) is 16.8 Å². The van der Waals surface area contributed by atoms with E-state index in [1.165, 1.54) is 31.2 Å². The van der Waals surface area contributed by atoms with Gasteiger partial charge in [-0.25, -0.2) is 13.1 Å². The van der Waals surface area contributed by atoms with Crippen LogP contribution in [-0.2, 0) is 19.6 Å². The molecule has 7 nitrogen and oxygen atoms in total. The molecule has 2 amide bonds. The minimum atomic E-state index is -3.77. The molecule has 0 radical (unpaired) electrons. The second-order valence-corrected chi connectivity index (χ2v) is 8.71. The molecule has 28 heavy (non-hydrogen) atoms. The molecule has 1 aliphatic heterocycles. The fourth-order valence-corrected chi connectivity index (χ4v) is 4.36. The third-order valence-electron chi connectivity index (χ3n) is 4.73. The summed E-state index contributed by atoms with van der Waals surface area (Å²) in [4.78, 5) is 25.2. The number of carbonyl (C=O) groups is 2. The molecule has 1 fully saturated rings. The Bertz CT molecular complexity index is 1020. The third kappa shape index (κ3) is 4.40. The van der Waals surface area contributed by atoms with Crippen LogP contribution in [0.25, 0.3) is 0 Å². The number of nitrogens with zero attached hydrogens (tertiary/aromatic N) is 1. The molecular formula is C20H23N3O4S. The molecule has 1 heterocycles. The van der Waals surface area contributed by atoms with Gasteiger partial charge in [0, 0.05) is 37.3 Å². The van der Waals surface area contributed by atoms with Crippen molar-refractivity contribution >= 4 is 33.2 Å². The highest BCUT2D eigenvalue weighted by Crippen LogP contribution is 2.25. The topological polar surface area (TPSA) is 95.6 Å². The van der Waals surface area contributed by atoms with Crippen molar-refractivity contribution in [1.29, 1.82) is 0 Å². The van der Waals surface area contributed by atoms with Crippen LogP contribution in [0.2, 0.25) is 0 Å². The van der Waals surface area contributed by atoms with Gasteiger partial charge >= 0.3 is 0 Å². The molecule has 1 saturated heterocycles. The number of nitrogens with one attached hydrogen (secondary N) is 2. The Morgan fingerprint density at radius 1 is 1.07 bits per heavy atom. The summed E-state index contributed by atoms with van der Waals surface area (Å²) in [5.41, 5.74) is 3.50. The minimum Gasteiger partial charge on any atom is -0.326 e. The van der Waals surface area contributed by atoms with Gasteiger partial charge in [-0.1, -0.05) is 6.07 Å². The quantitative estimate of drug-likeness (QED) is 0.804. The second kappa shape index (κ2) is 7.73. The summed E-state index contributed by atoms with van der Waals surface area (Å²) in [5, 5.41) is 2.59. The summed E-state index contributed by atoms with van der Waals surface area (Å²) in [6, 6.07) is 11.1. The van der Waals surface area contributed by atoms with Gasteiger partial charge in [-0.3, -0.25) is 9.59 Å². The van der Waals surface area contributed by atoms with Crippen molar-refractivity contribution < 1.29 is 18.0 Å². The van der Waals surface area contributed by atoms with E-state index < -0.39 is 16.1 Å². The number of aryl methyl sites for hydroxylation is 2. The fraction of sp³-hybridized carbons (Fsp3) is 0.300. The van der Waals surface area contributed by atoms with Crippen LogP contribution in [0.5, 0.6) is 0 Å². The first-order valence-electron chi connectivity index (χ1n) is 8.93. The summed E-state index contributed by atoms with van der Waals surface area (Å²) >= 11 is 0. The molecule has 2 aromatic rings. The maximum Gasteiger partial charge on any atom is 0.240 e. The maximum absolute atomic E-state index is 12.6. The number of sulfonamides is 1. The van der Waals surface area contributed by atoms with E-state index in [0.29, 0.717) is 5.69 Å². The Morgan fingerprint density at radius 2 is 1.75 bits per heavy atom. The van der Waals surface area contributed by atoms with Crippen LogP contribution in [-0.4, -0.2) is 32.8 Å². The third-order valence-corrected chi connectivity index (χ3v) is 6.27. The average molecular weight is 401 g/mol. The van der Waals surface area contributed by atoms with Crippen LogP contribution in [0, 0.1) is 13.8 Å². The van der Waals surface area contributed by atoms with Crippen molar-refractivity contribution in [1.82, 2.24) is 4.72 Å². The summed E-state index contributed by atoms with van der Waals surface area (Å²) in [5.74, 6) is -0.346. The van der Waals surface area contributed by atoms with Crippen LogP contribution in [0.1, 0.15) is 24.5 Å². The van der Waals surface area contributed by atoms with Crippen molar-refractivity contribution in [2.45, 2.75) is 38.1 Å². The number of hydrogen-bond acceptors (Lipinski definition) is 4. The van der Waals surface area contributed by atoms with E-state index in [4.69, 9.17) is 0 Å². The van der Waals surface area contributed by atoms with Crippen LogP contribution in [0.3, 0.4) is 0 Å². The van der Waals surface area contributed by atoms with Gasteiger partial charge in [0.15, 0.2) is 0 Å². The lowest BCUT2D eigenvalue weighted by Crippen LogP contribution is -2.37. The highest BCUT2D eigenvalue weighted by atomic mass is 32.2. The lowest BCUT2D eigenvalue weighted by molar-refractivity contribution is -0.117. The number of rotatable bonds is 5. The van der Waals surface area contributed by atoms with Gasteiger partial charge in [-0.2, -0.15) is 0 Å². The summed E-state index contributed by atoms with van der Waals surface area (Å²) in [6.45, 7) is 5.64. The largest absolute Gasteiger partial charge is 0.326 e. The maximum atomic E-state index is 12.6. The van der Waals surface area contributed by atoms with Crippen molar-refractivity contribution in [3.8, 4) is 0 Å². The summed E-state index contributed by atoms with van der Waals surface area (Å²) in [6.07, 6.45) is 0.107. The van der Waals surface area contributed by atoms with Gasteiger partial charge in [-0.05, 0) is 61.4 Å². The molecule has 0 spiro atoms. The van der Waals surface area contributed by atoms with Gasteiger partial charge in [0.25, 0.3) is 0 Å². The SMILES string of the molecule is CC(=O)Nc1ccc(S(=O)(=O)NC2CC(=O)N(c3ccc(C)c(C)c3)C2)cc1. The first-order valence-corrected chi connectivity index (χ1v) is 10.4. The lowest BCUT2D eigenvalue weighted by atomic mass is 10.1. The van der Waals surface area contributed by atoms with E-state index in [9.17, 15) is 18.0 Å². The van der Waals surface area contributed by atoms with Gasteiger partial charge in [0.2, 0.25) is 21.8 Å². The van der Waals surface area contributed by atoms with E-state index in [1.807, 2.05) is 32.0 Å².